The van der Waals surface area contributed by atoms with Crippen molar-refractivity contribution in [2.75, 3.05) is 6.61 Å². The number of nitrogens with one attached hydrogen (secondary N) is 2. The average molecular weight is 322 g/mol. The maximum absolute atomic E-state index is 5.69. The third kappa shape index (κ3) is 2.67. The van der Waals surface area contributed by atoms with E-state index in [0.717, 1.165) is 35.5 Å². The molecule has 3 rings (SSSR count). The highest BCUT2D eigenvalue weighted by Gasteiger charge is 2.21. The van der Waals surface area contributed by atoms with Gasteiger partial charge in [-0.3, -0.25) is 5.10 Å². The van der Waals surface area contributed by atoms with Crippen LogP contribution in [-0.2, 0) is 6.54 Å². The number of halogens is 1. The second kappa shape index (κ2) is 5.35. The first-order chi connectivity index (χ1) is 9.24. The first-order valence-corrected chi connectivity index (χ1v) is 7.18. The monoisotopic (exact) mass is 321 g/mol. The summed E-state index contributed by atoms with van der Waals surface area (Å²) in [5.41, 5.74) is 3.55. The van der Waals surface area contributed by atoms with Crippen LogP contribution in [0.4, 0.5) is 0 Å². The van der Waals surface area contributed by atoms with E-state index in [2.05, 4.69) is 37.5 Å². The van der Waals surface area contributed by atoms with Gasteiger partial charge in [-0.05, 0) is 25.1 Å². The van der Waals surface area contributed by atoms with Gasteiger partial charge >= 0.3 is 0 Å². The van der Waals surface area contributed by atoms with Crippen LogP contribution < -0.4 is 10.1 Å². The number of H-pyrrole nitrogens is 1. The standard InChI is InChI=1S/C14H16BrN3O/c1-9-10(8-17-18-9)7-16-13-4-5-19-14-3-2-11(15)6-12(13)14/h2-3,6,8,13,16H,4-5,7H2,1H3,(H,17,18)/t13-/m1/s1. The second-order valence-corrected chi connectivity index (χ2v) is 5.69. The highest BCUT2D eigenvalue weighted by atomic mass is 79.9. The van der Waals surface area contributed by atoms with E-state index in [9.17, 15) is 0 Å². The molecule has 1 atom stereocenters. The highest BCUT2D eigenvalue weighted by molar-refractivity contribution is 9.10. The van der Waals surface area contributed by atoms with Crippen molar-refractivity contribution in [2.24, 2.45) is 0 Å². The minimum absolute atomic E-state index is 0.329. The second-order valence-electron chi connectivity index (χ2n) is 4.77. The van der Waals surface area contributed by atoms with Gasteiger partial charge in [-0.1, -0.05) is 15.9 Å². The Morgan fingerprint density at radius 3 is 3.21 bits per heavy atom. The lowest BCUT2D eigenvalue weighted by Gasteiger charge is -2.27. The van der Waals surface area contributed by atoms with Crippen LogP contribution in [0, 0.1) is 6.92 Å². The Morgan fingerprint density at radius 1 is 1.53 bits per heavy atom. The molecule has 0 amide bonds. The molecule has 1 aliphatic heterocycles. The molecule has 19 heavy (non-hydrogen) atoms. The van der Waals surface area contributed by atoms with Gasteiger partial charge in [0.25, 0.3) is 0 Å². The number of fused-ring (bicyclic) bond motifs is 1. The molecule has 2 N–H and O–H groups in total. The minimum atomic E-state index is 0.329. The predicted octanol–water partition coefficient (Wildman–Crippen LogP) is 3.09. The van der Waals surface area contributed by atoms with E-state index in [0.29, 0.717) is 6.04 Å². The van der Waals surface area contributed by atoms with Crippen LogP contribution in [0.15, 0.2) is 28.9 Å². The summed E-state index contributed by atoms with van der Waals surface area (Å²) >= 11 is 3.52. The smallest absolute Gasteiger partial charge is 0.124 e. The van der Waals surface area contributed by atoms with Crippen LogP contribution >= 0.6 is 15.9 Å². The summed E-state index contributed by atoms with van der Waals surface area (Å²) < 4.78 is 6.78. The van der Waals surface area contributed by atoms with E-state index in [1.807, 2.05) is 25.3 Å². The molecule has 0 saturated heterocycles. The number of hydrogen-bond acceptors (Lipinski definition) is 3. The highest BCUT2D eigenvalue weighted by Crippen LogP contribution is 2.34. The van der Waals surface area contributed by atoms with Crippen molar-refractivity contribution in [2.45, 2.75) is 25.9 Å². The SMILES string of the molecule is Cc1[nH]ncc1CN[C@@H]1CCOc2ccc(Br)cc21. The fraction of sp³-hybridized carbons (Fsp3) is 0.357. The molecule has 0 radical (unpaired) electrons. The Kier molecular flexibility index (Phi) is 3.57. The van der Waals surface area contributed by atoms with Crippen LogP contribution in [0.1, 0.15) is 29.3 Å². The molecule has 0 bridgehead atoms. The van der Waals surface area contributed by atoms with Crippen molar-refractivity contribution in [1.29, 1.82) is 0 Å². The number of aryl methyl sites for hydroxylation is 1. The fourth-order valence-electron chi connectivity index (χ4n) is 2.36. The van der Waals surface area contributed by atoms with Gasteiger partial charge in [0.15, 0.2) is 0 Å². The van der Waals surface area contributed by atoms with Crippen LogP contribution in [0.5, 0.6) is 5.75 Å². The zero-order valence-electron chi connectivity index (χ0n) is 10.7. The quantitative estimate of drug-likeness (QED) is 0.913. The Bertz CT molecular complexity index is 582. The molecule has 4 nitrogen and oxygen atoms in total. The lowest BCUT2D eigenvalue weighted by molar-refractivity contribution is 0.252. The molecule has 1 aliphatic rings. The normalized spacial score (nSPS) is 17.9. The number of ether oxygens (including phenoxy) is 1. The Balaban J connectivity index is 1.76. The number of benzene rings is 1. The zero-order chi connectivity index (χ0) is 13.2. The Morgan fingerprint density at radius 2 is 2.42 bits per heavy atom. The molecule has 1 aromatic heterocycles. The summed E-state index contributed by atoms with van der Waals surface area (Å²) in [5, 5.41) is 10.6. The maximum atomic E-state index is 5.69. The van der Waals surface area contributed by atoms with Gasteiger partial charge in [-0.15, -0.1) is 0 Å². The number of aromatic amines is 1. The lowest BCUT2D eigenvalue weighted by Crippen LogP contribution is -2.26. The van der Waals surface area contributed by atoms with Crippen LogP contribution in [0.3, 0.4) is 0 Å². The van der Waals surface area contributed by atoms with Gasteiger partial charge in [0.2, 0.25) is 0 Å². The van der Waals surface area contributed by atoms with Crippen LogP contribution in [-0.4, -0.2) is 16.8 Å². The van der Waals surface area contributed by atoms with Gasteiger partial charge in [-0.2, -0.15) is 5.10 Å². The molecule has 0 saturated carbocycles. The predicted molar refractivity (Wildman–Crippen MR) is 77.2 cm³/mol. The van der Waals surface area contributed by atoms with Crippen molar-refractivity contribution >= 4 is 15.9 Å². The van der Waals surface area contributed by atoms with Gasteiger partial charge in [0, 0.05) is 40.3 Å². The van der Waals surface area contributed by atoms with Gasteiger partial charge in [-0.25, -0.2) is 0 Å². The van der Waals surface area contributed by atoms with Crippen molar-refractivity contribution in [3.05, 3.63) is 45.7 Å². The van der Waals surface area contributed by atoms with E-state index in [1.54, 1.807) is 0 Å². The van der Waals surface area contributed by atoms with E-state index in [4.69, 9.17) is 4.74 Å². The van der Waals surface area contributed by atoms with Gasteiger partial charge < -0.3 is 10.1 Å². The molecule has 100 valence electrons. The molecule has 5 heteroatoms. The van der Waals surface area contributed by atoms with Crippen molar-refractivity contribution < 1.29 is 4.74 Å². The summed E-state index contributed by atoms with van der Waals surface area (Å²) in [4.78, 5) is 0. The molecular formula is C14H16BrN3O. The summed E-state index contributed by atoms with van der Waals surface area (Å²) in [6, 6.07) is 6.50. The fourth-order valence-corrected chi connectivity index (χ4v) is 2.74. The molecule has 0 unspecified atom stereocenters. The molecule has 1 aromatic carbocycles. The third-order valence-electron chi connectivity index (χ3n) is 3.48. The van der Waals surface area contributed by atoms with E-state index in [-0.39, 0.29) is 0 Å². The minimum Gasteiger partial charge on any atom is -0.493 e. The van der Waals surface area contributed by atoms with Gasteiger partial charge in [0.1, 0.15) is 5.75 Å². The number of aromatic nitrogens is 2. The maximum Gasteiger partial charge on any atom is 0.124 e. The zero-order valence-corrected chi connectivity index (χ0v) is 12.3. The number of nitrogens with zero attached hydrogens (tertiary/aromatic N) is 1. The molecule has 0 fully saturated rings. The molecular weight excluding hydrogens is 306 g/mol. The lowest BCUT2D eigenvalue weighted by atomic mass is 10.0. The van der Waals surface area contributed by atoms with Crippen molar-refractivity contribution in [3.8, 4) is 5.75 Å². The number of hydrogen-bond donors (Lipinski definition) is 2. The van der Waals surface area contributed by atoms with Crippen molar-refractivity contribution in [1.82, 2.24) is 15.5 Å². The molecule has 0 spiro atoms. The Labute approximate surface area is 120 Å². The Hall–Kier alpha value is -1.33. The summed E-state index contributed by atoms with van der Waals surface area (Å²) in [5.74, 6) is 0.982. The van der Waals surface area contributed by atoms with E-state index < -0.39 is 0 Å². The molecule has 2 aromatic rings. The summed E-state index contributed by atoms with van der Waals surface area (Å²) in [6.07, 6.45) is 2.86. The largest absolute Gasteiger partial charge is 0.493 e. The summed E-state index contributed by atoms with van der Waals surface area (Å²) in [7, 11) is 0. The number of rotatable bonds is 3. The molecule has 0 aliphatic carbocycles. The van der Waals surface area contributed by atoms with E-state index in [1.165, 1.54) is 11.1 Å². The summed E-state index contributed by atoms with van der Waals surface area (Å²) in [6.45, 7) is 3.62. The average Bonchev–Trinajstić information content (AvgIpc) is 2.82. The van der Waals surface area contributed by atoms with Crippen LogP contribution in [0.2, 0.25) is 0 Å². The van der Waals surface area contributed by atoms with Crippen molar-refractivity contribution in [3.63, 3.8) is 0 Å². The first-order valence-electron chi connectivity index (χ1n) is 6.38. The third-order valence-corrected chi connectivity index (χ3v) is 3.98. The van der Waals surface area contributed by atoms with E-state index >= 15 is 0 Å². The van der Waals surface area contributed by atoms with Crippen LogP contribution in [0.25, 0.3) is 0 Å². The van der Waals surface area contributed by atoms with Gasteiger partial charge in [0.05, 0.1) is 12.8 Å². The topological polar surface area (TPSA) is 49.9 Å². The molecule has 2 heterocycles. The first kappa shape index (κ1) is 12.7.